The zero-order chi connectivity index (χ0) is 14.5. The third-order valence-electron chi connectivity index (χ3n) is 4.86. The predicted octanol–water partition coefficient (Wildman–Crippen LogP) is 0.772. The summed E-state index contributed by atoms with van der Waals surface area (Å²) in [6.07, 6.45) is 6.57. The van der Waals surface area contributed by atoms with Gasteiger partial charge in [0, 0.05) is 24.0 Å². The van der Waals surface area contributed by atoms with Crippen molar-refractivity contribution < 1.29 is 14.4 Å². The second-order valence-corrected chi connectivity index (χ2v) is 6.07. The number of hydrogen-bond acceptors (Lipinski definition) is 3. The monoisotopic (exact) mass is 274 g/mol. The Labute approximate surface area is 117 Å². The predicted molar refractivity (Wildman–Crippen MR) is 72.4 cm³/mol. The largest absolute Gasteiger partial charge is 0.326 e. The minimum absolute atomic E-state index is 0.0711. The van der Waals surface area contributed by atoms with E-state index in [9.17, 15) is 14.4 Å². The number of imide groups is 1. The van der Waals surface area contributed by atoms with Crippen LogP contribution in [0.4, 0.5) is 0 Å². The van der Waals surface area contributed by atoms with Gasteiger partial charge in [-0.25, -0.2) is 0 Å². The number of nitrogens with zero attached hydrogens (tertiary/aromatic N) is 1. The average molecular weight is 274 g/mol. The Morgan fingerprint density at radius 3 is 2.75 bits per heavy atom. The molecule has 0 spiro atoms. The number of carbonyl (C=O) groups is 3. The number of amides is 3. The molecular weight excluding hydrogens is 256 g/mol. The fourth-order valence-corrected chi connectivity index (χ4v) is 3.32. The first-order valence-electron chi connectivity index (χ1n) is 6.97. The molecule has 5 nitrogen and oxygen atoms in total. The molecule has 106 valence electrons. The molecule has 5 heteroatoms. The molecule has 0 bridgehead atoms. The minimum Gasteiger partial charge on any atom is -0.326 e. The van der Waals surface area contributed by atoms with Crippen molar-refractivity contribution in [1.82, 2.24) is 10.2 Å². The molecule has 2 heterocycles. The summed E-state index contributed by atoms with van der Waals surface area (Å²) in [6, 6.07) is -0.518. The summed E-state index contributed by atoms with van der Waals surface area (Å²) in [6.45, 7) is 4.69. The maximum Gasteiger partial charge on any atom is 0.251 e. The highest BCUT2D eigenvalue weighted by Gasteiger charge is 2.51. The fourth-order valence-electron chi connectivity index (χ4n) is 3.32. The molecule has 3 atom stereocenters. The molecule has 0 aromatic carbocycles. The van der Waals surface area contributed by atoms with Crippen molar-refractivity contribution in [3.05, 3.63) is 23.8 Å². The van der Waals surface area contributed by atoms with E-state index in [1.165, 1.54) is 0 Å². The summed E-state index contributed by atoms with van der Waals surface area (Å²) in [5, 5.41) is 2.33. The van der Waals surface area contributed by atoms with Gasteiger partial charge in [-0.2, -0.15) is 0 Å². The van der Waals surface area contributed by atoms with Gasteiger partial charge in [0.05, 0.1) is 0 Å². The van der Waals surface area contributed by atoms with Crippen LogP contribution >= 0.6 is 0 Å². The number of fused-ring (bicyclic) bond motifs is 1. The summed E-state index contributed by atoms with van der Waals surface area (Å²) in [5.41, 5.74) is 0.533. The van der Waals surface area contributed by atoms with Crippen molar-refractivity contribution in [2.75, 3.05) is 6.54 Å². The molecule has 3 aliphatic rings. The first-order valence-corrected chi connectivity index (χ1v) is 6.97. The van der Waals surface area contributed by atoms with E-state index in [-0.39, 0.29) is 29.1 Å². The van der Waals surface area contributed by atoms with Crippen LogP contribution in [0.25, 0.3) is 0 Å². The lowest BCUT2D eigenvalue weighted by molar-refractivity contribution is -0.142. The molecule has 2 aliphatic heterocycles. The third-order valence-corrected chi connectivity index (χ3v) is 4.86. The Morgan fingerprint density at radius 1 is 1.35 bits per heavy atom. The Hall–Kier alpha value is -1.91. The van der Waals surface area contributed by atoms with Crippen LogP contribution in [0.5, 0.6) is 0 Å². The van der Waals surface area contributed by atoms with Crippen LogP contribution in [0, 0.1) is 11.3 Å². The lowest BCUT2D eigenvalue weighted by atomic mass is 9.71. The maximum absolute atomic E-state index is 12.6. The summed E-state index contributed by atoms with van der Waals surface area (Å²) in [5.74, 6) is -0.420. The van der Waals surface area contributed by atoms with Crippen LogP contribution in [0.2, 0.25) is 0 Å². The van der Waals surface area contributed by atoms with Crippen LogP contribution in [0.15, 0.2) is 23.8 Å². The van der Waals surface area contributed by atoms with E-state index in [4.69, 9.17) is 0 Å². The number of rotatable bonds is 1. The van der Waals surface area contributed by atoms with E-state index in [1.54, 1.807) is 4.90 Å². The molecule has 20 heavy (non-hydrogen) atoms. The number of likely N-dealkylation sites (tertiary alicyclic amines) is 1. The smallest absolute Gasteiger partial charge is 0.251 e. The van der Waals surface area contributed by atoms with Crippen molar-refractivity contribution in [2.24, 2.45) is 11.3 Å². The Kier molecular flexibility index (Phi) is 2.81. The number of hydrogen-bond donors (Lipinski definition) is 1. The molecule has 3 unspecified atom stereocenters. The molecule has 0 saturated carbocycles. The van der Waals surface area contributed by atoms with E-state index in [2.05, 4.69) is 25.2 Å². The maximum atomic E-state index is 12.6. The second-order valence-electron chi connectivity index (χ2n) is 6.07. The zero-order valence-corrected chi connectivity index (χ0v) is 11.7. The van der Waals surface area contributed by atoms with E-state index >= 15 is 0 Å². The summed E-state index contributed by atoms with van der Waals surface area (Å²) in [4.78, 5) is 37.4. The normalized spacial score (nSPS) is 36.8. The van der Waals surface area contributed by atoms with Crippen LogP contribution in [0.3, 0.4) is 0 Å². The SMILES string of the molecule is CC1C=CC=C2C(=O)N(C3CCC(=O)NC3=O)CC21C. The minimum atomic E-state index is -0.518. The number of piperidine rings is 1. The van der Waals surface area contributed by atoms with Gasteiger partial charge in [-0.1, -0.05) is 32.1 Å². The molecule has 0 radical (unpaired) electrons. The van der Waals surface area contributed by atoms with E-state index in [0.717, 1.165) is 5.57 Å². The third kappa shape index (κ3) is 1.72. The van der Waals surface area contributed by atoms with Gasteiger partial charge >= 0.3 is 0 Å². The van der Waals surface area contributed by atoms with E-state index in [1.807, 2.05) is 12.2 Å². The van der Waals surface area contributed by atoms with Crippen molar-refractivity contribution in [2.45, 2.75) is 32.7 Å². The molecule has 0 aromatic rings. The van der Waals surface area contributed by atoms with E-state index < -0.39 is 6.04 Å². The van der Waals surface area contributed by atoms with Crippen molar-refractivity contribution >= 4 is 17.7 Å². The van der Waals surface area contributed by atoms with Gasteiger partial charge < -0.3 is 4.90 Å². The van der Waals surface area contributed by atoms with Gasteiger partial charge in [-0.15, -0.1) is 0 Å². The molecule has 1 aliphatic carbocycles. The van der Waals surface area contributed by atoms with Crippen LogP contribution in [0.1, 0.15) is 26.7 Å². The fraction of sp³-hybridized carbons (Fsp3) is 0.533. The lowest BCUT2D eigenvalue weighted by Gasteiger charge is -2.34. The summed E-state index contributed by atoms with van der Waals surface area (Å²) in [7, 11) is 0. The van der Waals surface area contributed by atoms with Gasteiger partial charge in [0.2, 0.25) is 11.8 Å². The van der Waals surface area contributed by atoms with Gasteiger partial charge in [0.15, 0.2) is 0 Å². The van der Waals surface area contributed by atoms with Gasteiger partial charge in [0.25, 0.3) is 5.91 Å². The van der Waals surface area contributed by atoms with Crippen LogP contribution < -0.4 is 5.32 Å². The number of nitrogens with one attached hydrogen (secondary N) is 1. The molecule has 1 N–H and O–H groups in total. The quantitative estimate of drug-likeness (QED) is 0.718. The second kappa shape index (κ2) is 4.30. The van der Waals surface area contributed by atoms with Crippen LogP contribution in [-0.4, -0.2) is 35.2 Å². The van der Waals surface area contributed by atoms with Crippen molar-refractivity contribution in [3.63, 3.8) is 0 Å². The lowest BCUT2D eigenvalue weighted by Crippen LogP contribution is -2.53. The molecule has 3 amide bonds. The summed E-state index contributed by atoms with van der Waals surface area (Å²) < 4.78 is 0. The van der Waals surface area contributed by atoms with E-state index in [0.29, 0.717) is 19.4 Å². The average Bonchev–Trinajstić information content (AvgIpc) is 2.65. The van der Waals surface area contributed by atoms with Gasteiger partial charge in [0.1, 0.15) is 6.04 Å². The van der Waals surface area contributed by atoms with Crippen molar-refractivity contribution in [3.8, 4) is 0 Å². The highest BCUT2D eigenvalue weighted by atomic mass is 16.2. The Bertz CT molecular complexity index is 563. The van der Waals surface area contributed by atoms with Crippen molar-refractivity contribution in [1.29, 1.82) is 0 Å². The molecule has 3 rings (SSSR count). The molecule has 2 fully saturated rings. The Balaban J connectivity index is 1.89. The van der Waals surface area contributed by atoms with Gasteiger partial charge in [-0.3, -0.25) is 19.7 Å². The number of carbonyl (C=O) groups excluding carboxylic acids is 3. The first kappa shape index (κ1) is 13.1. The summed E-state index contributed by atoms with van der Waals surface area (Å²) >= 11 is 0. The van der Waals surface area contributed by atoms with Crippen LogP contribution in [-0.2, 0) is 14.4 Å². The molecule has 2 saturated heterocycles. The molecular formula is C15H18N2O3. The first-order chi connectivity index (χ1) is 9.43. The standard InChI is InChI=1S/C15H18N2O3/c1-9-4-3-5-10-14(20)17(8-15(9,10)2)11-6-7-12(18)16-13(11)19/h3-5,9,11H,6-8H2,1-2H3,(H,16,18,19). The highest BCUT2D eigenvalue weighted by molar-refractivity contribution is 6.05. The topological polar surface area (TPSA) is 66.5 Å². The molecule has 0 aromatic heterocycles. The van der Waals surface area contributed by atoms with Gasteiger partial charge in [-0.05, 0) is 12.3 Å². The highest BCUT2D eigenvalue weighted by Crippen LogP contribution is 2.46. The number of allylic oxidation sites excluding steroid dienone is 3. The zero-order valence-electron chi connectivity index (χ0n) is 11.7. The Morgan fingerprint density at radius 2 is 2.10 bits per heavy atom.